The van der Waals surface area contributed by atoms with E-state index in [0.29, 0.717) is 13.0 Å². The summed E-state index contributed by atoms with van der Waals surface area (Å²) in [5.41, 5.74) is 4.60. The molecule has 3 aromatic rings. The van der Waals surface area contributed by atoms with Crippen LogP contribution in [0.3, 0.4) is 0 Å². The number of fused-ring (bicyclic) bond motifs is 1. The van der Waals surface area contributed by atoms with Crippen LogP contribution in [-0.4, -0.2) is 66.2 Å². The Morgan fingerprint density at radius 1 is 0.914 bits per heavy atom. The standard InChI is InChI=1S/C30H34N2O3/c1-35-26-15-13-24(14-16-26)23-9-11-25(12-10-23)30-27-20-31(17-5-6-18-32(27)28(30)21-33)29(34)19-22-7-3-2-4-8-22/h2-4,7-16,27-28,30,33H,5-6,17-21H2,1H3/t27-,28+,30+/m1/s1. The van der Waals surface area contributed by atoms with E-state index in [1.54, 1.807) is 7.11 Å². The van der Waals surface area contributed by atoms with E-state index >= 15 is 0 Å². The van der Waals surface area contributed by atoms with Crippen molar-refractivity contribution in [1.29, 1.82) is 0 Å². The Hall–Kier alpha value is -3.15. The highest BCUT2D eigenvalue weighted by Crippen LogP contribution is 2.42. The Morgan fingerprint density at radius 3 is 2.23 bits per heavy atom. The molecule has 2 fully saturated rings. The molecule has 0 spiro atoms. The fraction of sp³-hybridized carbons (Fsp3) is 0.367. The fourth-order valence-corrected chi connectivity index (χ4v) is 5.73. The molecule has 0 bridgehead atoms. The van der Waals surface area contributed by atoms with Crippen molar-refractivity contribution in [2.75, 3.05) is 33.4 Å². The van der Waals surface area contributed by atoms with Crippen molar-refractivity contribution in [1.82, 2.24) is 9.80 Å². The molecule has 5 heteroatoms. The number of benzene rings is 3. The highest BCUT2D eigenvalue weighted by atomic mass is 16.5. The second kappa shape index (κ2) is 10.6. The summed E-state index contributed by atoms with van der Waals surface area (Å²) in [6.07, 6.45) is 2.49. The molecule has 182 valence electrons. The summed E-state index contributed by atoms with van der Waals surface area (Å²) in [6.45, 7) is 2.65. The van der Waals surface area contributed by atoms with Crippen LogP contribution in [0.15, 0.2) is 78.9 Å². The van der Waals surface area contributed by atoms with Gasteiger partial charge in [-0.05, 0) is 53.8 Å². The lowest BCUT2D eigenvalue weighted by atomic mass is 9.74. The minimum atomic E-state index is 0.107. The Balaban J connectivity index is 1.33. The molecule has 0 saturated carbocycles. The zero-order valence-electron chi connectivity index (χ0n) is 20.3. The van der Waals surface area contributed by atoms with Crippen LogP contribution in [0, 0.1) is 0 Å². The maximum Gasteiger partial charge on any atom is 0.227 e. The molecule has 3 atom stereocenters. The van der Waals surface area contributed by atoms with Gasteiger partial charge in [0.25, 0.3) is 0 Å². The highest BCUT2D eigenvalue weighted by Gasteiger charge is 2.49. The Labute approximate surface area is 208 Å². The van der Waals surface area contributed by atoms with Crippen molar-refractivity contribution >= 4 is 5.91 Å². The molecule has 5 rings (SSSR count). The SMILES string of the molecule is COc1ccc(-c2ccc([C@H]3[C@H]4CN(C(=O)Cc5ccccc5)CCCCN4[C@H]3CO)cc2)cc1. The summed E-state index contributed by atoms with van der Waals surface area (Å²) in [7, 11) is 1.68. The van der Waals surface area contributed by atoms with Gasteiger partial charge in [0.1, 0.15) is 5.75 Å². The van der Waals surface area contributed by atoms with Gasteiger partial charge in [-0.15, -0.1) is 0 Å². The summed E-state index contributed by atoms with van der Waals surface area (Å²) in [5.74, 6) is 1.26. The van der Waals surface area contributed by atoms with Crippen LogP contribution in [0.25, 0.3) is 11.1 Å². The summed E-state index contributed by atoms with van der Waals surface area (Å²) in [4.78, 5) is 17.7. The lowest BCUT2D eigenvalue weighted by Gasteiger charge is -2.57. The zero-order chi connectivity index (χ0) is 24.2. The van der Waals surface area contributed by atoms with E-state index in [1.165, 1.54) is 5.56 Å². The number of carbonyl (C=O) groups excluding carboxylic acids is 1. The zero-order valence-corrected chi connectivity index (χ0v) is 20.3. The minimum Gasteiger partial charge on any atom is -0.497 e. The van der Waals surface area contributed by atoms with Gasteiger partial charge in [0.2, 0.25) is 5.91 Å². The molecule has 35 heavy (non-hydrogen) atoms. The third-order valence-corrected chi connectivity index (χ3v) is 7.64. The van der Waals surface area contributed by atoms with Gasteiger partial charge >= 0.3 is 0 Å². The van der Waals surface area contributed by atoms with E-state index in [1.807, 2.05) is 42.5 Å². The average molecular weight is 471 g/mol. The molecule has 2 heterocycles. The first-order chi connectivity index (χ1) is 17.2. The Kier molecular flexibility index (Phi) is 7.16. The van der Waals surface area contributed by atoms with E-state index in [-0.39, 0.29) is 30.5 Å². The van der Waals surface area contributed by atoms with Gasteiger partial charge < -0.3 is 14.7 Å². The molecule has 2 aliphatic rings. The number of aliphatic hydroxyl groups excluding tert-OH is 1. The van der Waals surface area contributed by atoms with Crippen molar-refractivity contribution in [2.45, 2.75) is 37.3 Å². The van der Waals surface area contributed by atoms with E-state index in [2.05, 4.69) is 46.2 Å². The van der Waals surface area contributed by atoms with Gasteiger partial charge in [0, 0.05) is 31.1 Å². The number of amides is 1. The topological polar surface area (TPSA) is 53.0 Å². The van der Waals surface area contributed by atoms with E-state index in [9.17, 15) is 9.90 Å². The number of carbonyl (C=O) groups is 1. The predicted octanol–water partition coefficient (Wildman–Crippen LogP) is 4.36. The summed E-state index contributed by atoms with van der Waals surface area (Å²) in [6, 6.07) is 27.1. The number of rotatable bonds is 6. The maximum absolute atomic E-state index is 13.2. The van der Waals surface area contributed by atoms with Gasteiger partial charge in [-0.3, -0.25) is 9.69 Å². The Morgan fingerprint density at radius 2 is 1.57 bits per heavy atom. The lowest BCUT2D eigenvalue weighted by molar-refractivity contribution is -0.135. The number of nitrogens with zero attached hydrogens (tertiary/aromatic N) is 2. The van der Waals surface area contributed by atoms with Crippen molar-refractivity contribution in [3.63, 3.8) is 0 Å². The maximum atomic E-state index is 13.2. The molecule has 0 unspecified atom stereocenters. The third-order valence-electron chi connectivity index (χ3n) is 7.64. The minimum absolute atomic E-state index is 0.107. The van der Waals surface area contributed by atoms with Gasteiger partial charge in [-0.2, -0.15) is 0 Å². The summed E-state index contributed by atoms with van der Waals surface area (Å²) in [5, 5.41) is 10.2. The molecule has 1 amide bonds. The van der Waals surface area contributed by atoms with Crippen molar-refractivity contribution in [2.24, 2.45) is 0 Å². The van der Waals surface area contributed by atoms with Gasteiger partial charge in [-0.25, -0.2) is 0 Å². The monoisotopic (exact) mass is 470 g/mol. The molecule has 0 aliphatic carbocycles. The van der Waals surface area contributed by atoms with Crippen molar-refractivity contribution < 1.29 is 14.6 Å². The van der Waals surface area contributed by atoms with Crippen LogP contribution >= 0.6 is 0 Å². The van der Waals surface area contributed by atoms with E-state index < -0.39 is 0 Å². The second-order valence-corrected chi connectivity index (χ2v) is 9.64. The second-order valence-electron chi connectivity index (χ2n) is 9.64. The van der Waals surface area contributed by atoms with Crippen LogP contribution < -0.4 is 4.74 Å². The summed E-state index contributed by atoms with van der Waals surface area (Å²) >= 11 is 0. The molecular weight excluding hydrogens is 436 g/mol. The number of hydrogen-bond acceptors (Lipinski definition) is 4. The largest absolute Gasteiger partial charge is 0.497 e. The third kappa shape index (κ3) is 4.97. The highest BCUT2D eigenvalue weighted by molar-refractivity contribution is 5.79. The van der Waals surface area contributed by atoms with E-state index in [0.717, 1.165) is 48.4 Å². The normalized spacial score (nSPS) is 22.5. The Bertz CT molecular complexity index is 1110. The van der Waals surface area contributed by atoms with Crippen LogP contribution in [-0.2, 0) is 11.2 Å². The van der Waals surface area contributed by atoms with Crippen molar-refractivity contribution in [3.8, 4) is 16.9 Å². The number of methoxy groups -OCH3 is 1. The van der Waals surface area contributed by atoms with Crippen LogP contribution in [0.1, 0.15) is 29.9 Å². The molecule has 5 nitrogen and oxygen atoms in total. The first kappa shape index (κ1) is 23.6. The van der Waals surface area contributed by atoms with Crippen LogP contribution in [0.2, 0.25) is 0 Å². The van der Waals surface area contributed by atoms with Gasteiger partial charge in [0.15, 0.2) is 0 Å². The molecule has 3 aromatic carbocycles. The lowest BCUT2D eigenvalue weighted by Crippen LogP contribution is -2.68. The molecule has 1 N–H and O–H groups in total. The first-order valence-electron chi connectivity index (χ1n) is 12.6. The molecule has 0 aromatic heterocycles. The van der Waals surface area contributed by atoms with E-state index in [4.69, 9.17) is 4.74 Å². The quantitative estimate of drug-likeness (QED) is 0.582. The van der Waals surface area contributed by atoms with Gasteiger partial charge in [0.05, 0.1) is 20.1 Å². The predicted molar refractivity (Wildman–Crippen MR) is 138 cm³/mol. The number of ether oxygens (including phenoxy) is 1. The smallest absolute Gasteiger partial charge is 0.227 e. The van der Waals surface area contributed by atoms with Crippen molar-refractivity contribution in [3.05, 3.63) is 90.0 Å². The average Bonchev–Trinajstić information content (AvgIpc) is 2.89. The number of aliphatic hydroxyl groups is 1. The number of hydrogen-bond donors (Lipinski definition) is 1. The molecule has 0 radical (unpaired) electrons. The summed E-state index contributed by atoms with van der Waals surface area (Å²) < 4.78 is 5.27. The molecule has 2 saturated heterocycles. The fourth-order valence-electron chi connectivity index (χ4n) is 5.73. The molecule has 2 aliphatic heterocycles. The van der Waals surface area contributed by atoms with Crippen LogP contribution in [0.4, 0.5) is 0 Å². The molecular formula is C30H34N2O3. The van der Waals surface area contributed by atoms with Gasteiger partial charge in [-0.1, -0.05) is 66.7 Å². The first-order valence-corrected chi connectivity index (χ1v) is 12.6. The van der Waals surface area contributed by atoms with Crippen LogP contribution in [0.5, 0.6) is 5.75 Å².